The van der Waals surface area contributed by atoms with Gasteiger partial charge in [-0.25, -0.2) is 4.79 Å². The summed E-state index contributed by atoms with van der Waals surface area (Å²) in [5.74, 6) is 0.968. The number of hydrogen-bond donors (Lipinski definition) is 0. The van der Waals surface area contributed by atoms with Gasteiger partial charge in [-0.15, -0.1) is 0 Å². The van der Waals surface area contributed by atoms with Crippen LogP contribution in [0.1, 0.15) is 39.5 Å². The van der Waals surface area contributed by atoms with Crippen LogP contribution in [0.25, 0.3) is 0 Å². The first-order chi connectivity index (χ1) is 9.37. The maximum absolute atomic E-state index is 12.0. The third-order valence-electron chi connectivity index (χ3n) is 3.47. The van der Waals surface area contributed by atoms with E-state index in [4.69, 9.17) is 9.15 Å². The lowest BCUT2D eigenvalue weighted by Gasteiger charge is -2.37. The third kappa shape index (κ3) is 3.76. The number of carbonyl (C=O) groups is 1. The van der Waals surface area contributed by atoms with Crippen molar-refractivity contribution in [3.8, 4) is 0 Å². The molecule has 2 rings (SSSR count). The van der Waals surface area contributed by atoms with Crippen LogP contribution >= 0.6 is 0 Å². The molecule has 1 saturated heterocycles. The monoisotopic (exact) mass is 280 g/mol. The minimum Gasteiger partial charge on any atom is -0.468 e. The summed E-state index contributed by atoms with van der Waals surface area (Å²) in [5.41, 5.74) is -0.435. The first kappa shape index (κ1) is 14.9. The molecule has 1 unspecified atom stereocenters. The molecule has 1 amide bonds. The lowest BCUT2D eigenvalue weighted by molar-refractivity contribution is 0.0101. The number of ether oxygens (including phenoxy) is 1. The van der Waals surface area contributed by atoms with Crippen LogP contribution < -0.4 is 0 Å². The molecule has 20 heavy (non-hydrogen) atoms. The van der Waals surface area contributed by atoms with Gasteiger partial charge in [0.25, 0.3) is 0 Å². The Morgan fingerprint density at radius 3 is 2.45 bits per heavy atom. The molecule has 0 saturated carbocycles. The average molecular weight is 280 g/mol. The van der Waals surface area contributed by atoms with E-state index in [-0.39, 0.29) is 12.1 Å². The summed E-state index contributed by atoms with van der Waals surface area (Å²) in [6.45, 7) is 10.9. The van der Waals surface area contributed by atoms with Gasteiger partial charge in [0.15, 0.2) is 0 Å². The Kier molecular flexibility index (Phi) is 4.38. The minimum atomic E-state index is -0.435. The SMILES string of the molecule is CC(c1ccco1)N1CCN(C(=O)OC(C)(C)C)CC1. The average Bonchev–Trinajstić information content (AvgIpc) is 2.90. The van der Waals surface area contributed by atoms with Crippen LogP contribution in [0.3, 0.4) is 0 Å². The van der Waals surface area contributed by atoms with Gasteiger partial charge < -0.3 is 14.1 Å². The van der Waals surface area contributed by atoms with Crippen LogP contribution in [-0.2, 0) is 4.74 Å². The molecule has 1 aromatic rings. The molecule has 1 aromatic heterocycles. The highest BCUT2D eigenvalue weighted by molar-refractivity contribution is 5.68. The smallest absolute Gasteiger partial charge is 0.410 e. The summed E-state index contributed by atoms with van der Waals surface area (Å²) < 4.78 is 10.8. The fraction of sp³-hybridized carbons (Fsp3) is 0.667. The molecule has 0 spiro atoms. The fourth-order valence-corrected chi connectivity index (χ4v) is 2.33. The number of hydrogen-bond acceptors (Lipinski definition) is 4. The van der Waals surface area contributed by atoms with E-state index in [0.717, 1.165) is 18.8 Å². The van der Waals surface area contributed by atoms with Crippen molar-refractivity contribution >= 4 is 6.09 Å². The molecule has 5 heteroatoms. The minimum absolute atomic E-state index is 0.220. The predicted octanol–water partition coefficient (Wildman–Crippen LogP) is 2.89. The summed E-state index contributed by atoms with van der Waals surface area (Å²) >= 11 is 0. The maximum Gasteiger partial charge on any atom is 0.410 e. The van der Waals surface area contributed by atoms with E-state index in [1.54, 1.807) is 11.2 Å². The summed E-state index contributed by atoms with van der Waals surface area (Å²) in [6.07, 6.45) is 1.48. The second-order valence-corrected chi connectivity index (χ2v) is 6.19. The zero-order valence-electron chi connectivity index (χ0n) is 12.8. The molecular formula is C15H24N2O3. The Bertz CT molecular complexity index is 428. The normalized spacial score (nSPS) is 18.9. The molecule has 1 aliphatic rings. The maximum atomic E-state index is 12.0. The van der Waals surface area contributed by atoms with Gasteiger partial charge in [0, 0.05) is 26.2 Å². The third-order valence-corrected chi connectivity index (χ3v) is 3.47. The zero-order chi connectivity index (χ0) is 14.8. The van der Waals surface area contributed by atoms with Gasteiger partial charge in [0.05, 0.1) is 12.3 Å². The molecule has 1 atom stereocenters. The van der Waals surface area contributed by atoms with Crippen molar-refractivity contribution in [1.82, 2.24) is 9.80 Å². The number of nitrogens with zero attached hydrogens (tertiary/aromatic N) is 2. The molecule has 0 bridgehead atoms. The first-order valence-corrected chi connectivity index (χ1v) is 7.12. The van der Waals surface area contributed by atoms with E-state index in [1.165, 1.54) is 0 Å². The van der Waals surface area contributed by atoms with Crippen LogP contribution in [0.4, 0.5) is 4.79 Å². The van der Waals surface area contributed by atoms with Crippen molar-refractivity contribution in [2.45, 2.75) is 39.3 Å². The molecule has 1 aliphatic heterocycles. The van der Waals surface area contributed by atoms with E-state index in [2.05, 4.69) is 11.8 Å². The Morgan fingerprint density at radius 1 is 1.30 bits per heavy atom. The molecule has 0 N–H and O–H groups in total. The second kappa shape index (κ2) is 5.87. The number of furan rings is 1. The topological polar surface area (TPSA) is 45.9 Å². The standard InChI is InChI=1S/C15H24N2O3/c1-12(13-6-5-11-19-13)16-7-9-17(10-8-16)14(18)20-15(2,3)4/h5-6,11-12H,7-10H2,1-4H3. The quantitative estimate of drug-likeness (QED) is 0.835. The molecule has 112 valence electrons. The van der Waals surface area contributed by atoms with Crippen molar-refractivity contribution in [2.75, 3.05) is 26.2 Å². The highest BCUT2D eigenvalue weighted by Crippen LogP contribution is 2.22. The number of piperazine rings is 1. The van der Waals surface area contributed by atoms with Crippen LogP contribution in [-0.4, -0.2) is 47.7 Å². The van der Waals surface area contributed by atoms with E-state index >= 15 is 0 Å². The van der Waals surface area contributed by atoms with Gasteiger partial charge in [0.1, 0.15) is 11.4 Å². The van der Waals surface area contributed by atoms with Crippen LogP contribution in [0, 0.1) is 0 Å². The van der Waals surface area contributed by atoms with Gasteiger partial charge in [-0.3, -0.25) is 4.90 Å². The van der Waals surface area contributed by atoms with Crippen LogP contribution in [0.2, 0.25) is 0 Å². The van der Waals surface area contributed by atoms with Crippen molar-refractivity contribution in [3.63, 3.8) is 0 Å². The first-order valence-electron chi connectivity index (χ1n) is 7.12. The summed E-state index contributed by atoms with van der Waals surface area (Å²) in [5, 5.41) is 0. The van der Waals surface area contributed by atoms with E-state index in [0.29, 0.717) is 13.1 Å². The van der Waals surface area contributed by atoms with Crippen LogP contribution in [0.5, 0.6) is 0 Å². The van der Waals surface area contributed by atoms with E-state index in [9.17, 15) is 4.79 Å². The van der Waals surface area contributed by atoms with Crippen molar-refractivity contribution < 1.29 is 13.9 Å². The highest BCUT2D eigenvalue weighted by atomic mass is 16.6. The lowest BCUT2D eigenvalue weighted by atomic mass is 10.2. The van der Waals surface area contributed by atoms with Crippen molar-refractivity contribution in [1.29, 1.82) is 0 Å². The summed E-state index contributed by atoms with van der Waals surface area (Å²) in [6, 6.07) is 4.14. The van der Waals surface area contributed by atoms with Crippen molar-refractivity contribution in [3.05, 3.63) is 24.2 Å². The second-order valence-electron chi connectivity index (χ2n) is 6.19. The van der Waals surface area contributed by atoms with Gasteiger partial charge in [-0.05, 0) is 39.8 Å². The molecular weight excluding hydrogens is 256 g/mol. The largest absolute Gasteiger partial charge is 0.468 e. The Hall–Kier alpha value is -1.49. The summed E-state index contributed by atoms with van der Waals surface area (Å²) in [7, 11) is 0. The van der Waals surface area contributed by atoms with E-state index < -0.39 is 5.60 Å². The fourth-order valence-electron chi connectivity index (χ4n) is 2.33. The molecule has 0 radical (unpaired) electrons. The van der Waals surface area contributed by atoms with Gasteiger partial charge in [-0.1, -0.05) is 0 Å². The van der Waals surface area contributed by atoms with Gasteiger partial charge >= 0.3 is 6.09 Å². The van der Waals surface area contributed by atoms with Crippen molar-refractivity contribution in [2.24, 2.45) is 0 Å². The number of amides is 1. The molecule has 5 nitrogen and oxygen atoms in total. The zero-order valence-corrected chi connectivity index (χ0v) is 12.8. The predicted molar refractivity (Wildman–Crippen MR) is 76.5 cm³/mol. The molecule has 2 heterocycles. The highest BCUT2D eigenvalue weighted by Gasteiger charge is 2.28. The molecule has 1 fully saturated rings. The number of carbonyl (C=O) groups excluding carboxylic acids is 1. The van der Waals surface area contributed by atoms with Crippen LogP contribution in [0.15, 0.2) is 22.8 Å². The Morgan fingerprint density at radius 2 is 1.95 bits per heavy atom. The Balaban J connectivity index is 1.85. The van der Waals surface area contributed by atoms with Gasteiger partial charge in [0.2, 0.25) is 0 Å². The Labute approximate surface area is 120 Å². The lowest BCUT2D eigenvalue weighted by Crippen LogP contribution is -2.50. The summed E-state index contributed by atoms with van der Waals surface area (Å²) in [4.78, 5) is 16.1. The van der Waals surface area contributed by atoms with Gasteiger partial charge in [-0.2, -0.15) is 0 Å². The molecule has 0 aliphatic carbocycles. The van der Waals surface area contributed by atoms with E-state index in [1.807, 2.05) is 32.9 Å². The molecule has 0 aromatic carbocycles. The number of rotatable bonds is 2.